The van der Waals surface area contributed by atoms with E-state index < -0.39 is 4.92 Å². The quantitative estimate of drug-likeness (QED) is 0.337. The molecule has 0 radical (unpaired) electrons. The molecule has 166 valence electrons. The SMILES string of the molecule is COc1cc(NC(=O)CCCNc2ccc([N+](=O)[O-])cc2)c(C(=O)N(C)C)cc1OC. The zero-order valence-corrected chi connectivity index (χ0v) is 17.9. The lowest BCUT2D eigenvalue weighted by atomic mass is 10.1. The van der Waals surface area contributed by atoms with Gasteiger partial charge in [0.1, 0.15) is 0 Å². The predicted molar refractivity (Wildman–Crippen MR) is 117 cm³/mol. The molecule has 0 aromatic heterocycles. The fourth-order valence-electron chi connectivity index (χ4n) is 2.80. The van der Waals surface area contributed by atoms with Crippen molar-refractivity contribution in [3.8, 4) is 11.5 Å². The Labute approximate surface area is 180 Å². The van der Waals surface area contributed by atoms with Crippen LogP contribution in [0.4, 0.5) is 17.1 Å². The van der Waals surface area contributed by atoms with E-state index in [4.69, 9.17) is 9.47 Å². The summed E-state index contributed by atoms with van der Waals surface area (Å²) in [4.78, 5) is 36.6. The van der Waals surface area contributed by atoms with E-state index >= 15 is 0 Å². The summed E-state index contributed by atoms with van der Waals surface area (Å²) in [5.74, 6) is 0.243. The highest BCUT2D eigenvalue weighted by molar-refractivity contribution is 6.04. The molecule has 0 atom stereocenters. The lowest BCUT2D eigenvalue weighted by Crippen LogP contribution is -2.24. The molecule has 10 heteroatoms. The molecule has 10 nitrogen and oxygen atoms in total. The van der Waals surface area contributed by atoms with E-state index in [9.17, 15) is 19.7 Å². The van der Waals surface area contributed by atoms with Gasteiger partial charge in [-0.2, -0.15) is 0 Å². The fraction of sp³-hybridized carbons (Fsp3) is 0.333. The number of carbonyl (C=O) groups is 2. The molecule has 0 heterocycles. The van der Waals surface area contributed by atoms with Gasteiger partial charge < -0.3 is 25.0 Å². The summed E-state index contributed by atoms with van der Waals surface area (Å²) >= 11 is 0. The molecule has 2 rings (SSSR count). The molecule has 0 bridgehead atoms. The number of carbonyl (C=O) groups excluding carboxylic acids is 2. The number of hydrogen-bond acceptors (Lipinski definition) is 7. The topological polar surface area (TPSA) is 123 Å². The molecule has 0 saturated heterocycles. The van der Waals surface area contributed by atoms with Crippen molar-refractivity contribution in [1.82, 2.24) is 4.90 Å². The monoisotopic (exact) mass is 430 g/mol. The summed E-state index contributed by atoms with van der Waals surface area (Å²) in [6, 6.07) is 9.14. The number of nitro groups is 1. The van der Waals surface area contributed by atoms with Crippen molar-refractivity contribution >= 4 is 28.9 Å². The number of benzene rings is 2. The zero-order valence-electron chi connectivity index (χ0n) is 17.9. The Bertz CT molecular complexity index is 944. The van der Waals surface area contributed by atoms with Crippen LogP contribution in [-0.2, 0) is 4.79 Å². The van der Waals surface area contributed by atoms with Crippen LogP contribution in [-0.4, -0.2) is 56.5 Å². The van der Waals surface area contributed by atoms with E-state index in [1.165, 1.54) is 37.3 Å². The molecule has 2 aromatic rings. The highest BCUT2D eigenvalue weighted by Crippen LogP contribution is 2.34. The van der Waals surface area contributed by atoms with E-state index in [2.05, 4.69) is 10.6 Å². The minimum atomic E-state index is -0.461. The maximum absolute atomic E-state index is 12.5. The molecule has 0 aliphatic rings. The van der Waals surface area contributed by atoms with Crippen molar-refractivity contribution in [2.45, 2.75) is 12.8 Å². The summed E-state index contributed by atoms with van der Waals surface area (Å²) in [5.41, 5.74) is 1.37. The average Bonchev–Trinajstić information content (AvgIpc) is 2.76. The summed E-state index contributed by atoms with van der Waals surface area (Å²) in [5, 5.41) is 16.6. The highest BCUT2D eigenvalue weighted by Gasteiger charge is 2.19. The highest BCUT2D eigenvalue weighted by atomic mass is 16.6. The van der Waals surface area contributed by atoms with Crippen LogP contribution in [0.1, 0.15) is 23.2 Å². The first-order chi connectivity index (χ1) is 14.8. The van der Waals surface area contributed by atoms with Crippen LogP contribution in [0.2, 0.25) is 0 Å². The number of nitrogens with zero attached hydrogens (tertiary/aromatic N) is 2. The maximum atomic E-state index is 12.5. The lowest BCUT2D eigenvalue weighted by molar-refractivity contribution is -0.384. The Hall–Kier alpha value is -3.82. The minimum Gasteiger partial charge on any atom is -0.493 e. The van der Waals surface area contributed by atoms with Crippen molar-refractivity contribution in [2.24, 2.45) is 0 Å². The average molecular weight is 430 g/mol. The second-order valence-corrected chi connectivity index (χ2v) is 6.83. The Morgan fingerprint density at radius 1 is 1.06 bits per heavy atom. The first kappa shape index (κ1) is 23.5. The van der Waals surface area contributed by atoms with Gasteiger partial charge in [-0.1, -0.05) is 0 Å². The van der Waals surface area contributed by atoms with E-state index in [0.29, 0.717) is 35.7 Å². The van der Waals surface area contributed by atoms with Crippen LogP contribution in [0.5, 0.6) is 11.5 Å². The second kappa shape index (κ2) is 10.8. The van der Waals surface area contributed by atoms with Gasteiger partial charge in [-0.05, 0) is 24.6 Å². The summed E-state index contributed by atoms with van der Waals surface area (Å²) in [7, 11) is 6.18. The van der Waals surface area contributed by atoms with Gasteiger partial charge in [0.15, 0.2) is 11.5 Å². The molecule has 2 amide bonds. The smallest absolute Gasteiger partial charge is 0.269 e. The lowest BCUT2D eigenvalue weighted by Gasteiger charge is -2.18. The van der Waals surface area contributed by atoms with E-state index in [-0.39, 0.29) is 23.9 Å². The summed E-state index contributed by atoms with van der Waals surface area (Å²) in [6.07, 6.45) is 0.733. The van der Waals surface area contributed by atoms with Crippen molar-refractivity contribution < 1.29 is 24.0 Å². The van der Waals surface area contributed by atoms with E-state index in [1.54, 1.807) is 32.3 Å². The number of nitro benzene ring substituents is 1. The third-order valence-electron chi connectivity index (χ3n) is 4.42. The van der Waals surface area contributed by atoms with Crippen LogP contribution < -0.4 is 20.1 Å². The Morgan fingerprint density at radius 3 is 2.23 bits per heavy atom. The van der Waals surface area contributed by atoms with Crippen LogP contribution in [0.3, 0.4) is 0 Å². The number of methoxy groups -OCH3 is 2. The molecular weight excluding hydrogens is 404 g/mol. The van der Waals surface area contributed by atoms with Gasteiger partial charge in [-0.15, -0.1) is 0 Å². The summed E-state index contributed by atoms with van der Waals surface area (Å²) < 4.78 is 10.5. The molecule has 2 N–H and O–H groups in total. The van der Waals surface area contributed by atoms with Crippen LogP contribution in [0.25, 0.3) is 0 Å². The molecule has 0 unspecified atom stereocenters. The number of amides is 2. The van der Waals surface area contributed by atoms with Gasteiger partial charge in [0, 0.05) is 50.9 Å². The fourth-order valence-corrected chi connectivity index (χ4v) is 2.80. The third-order valence-corrected chi connectivity index (χ3v) is 4.42. The molecule has 2 aromatic carbocycles. The molecule has 31 heavy (non-hydrogen) atoms. The third kappa shape index (κ3) is 6.33. The largest absolute Gasteiger partial charge is 0.493 e. The summed E-state index contributed by atoms with van der Waals surface area (Å²) in [6.45, 7) is 0.501. The standard InChI is InChI=1S/C21H26N4O6/c1-24(2)21(27)16-12-18(30-3)19(31-4)13-17(16)23-20(26)6-5-11-22-14-7-9-15(10-8-14)25(28)29/h7-10,12-13,22H,5-6,11H2,1-4H3,(H,23,26). The zero-order chi connectivity index (χ0) is 23.0. The van der Waals surface area contributed by atoms with Gasteiger partial charge in [-0.25, -0.2) is 0 Å². The van der Waals surface area contributed by atoms with Gasteiger partial charge in [0.25, 0.3) is 11.6 Å². The predicted octanol–water partition coefficient (Wildman–Crippen LogP) is 3.14. The number of hydrogen-bond donors (Lipinski definition) is 2. The first-order valence-electron chi connectivity index (χ1n) is 9.52. The van der Waals surface area contributed by atoms with Gasteiger partial charge in [0.05, 0.1) is 30.4 Å². The molecule has 0 aliphatic carbocycles. The molecular formula is C21H26N4O6. The molecule has 0 aliphatic heterocycles. The van der Waals surface area contributed by atoms with Crippen molar-refractivity contribution in [3.63, 3.8) is 0 Å². The number of ether oxygens (including phenoxy) is 2. The minimum absolute atomic E-state index is 0.0166. The Balaban J connectivity index is 1.99. The molecule has 0 spiro atoms. The normalized spacial score (nSPS) is 10.2. The van der Waals surface area contributed by atoms with Gasteiger partial charge >= 0.3 is 0 Å². The molecule has 0 saturated carbocycles. The van der Waals surface area contributed by atoms with Crippen molar-refractivity contribution in [2.75, 3.05) is 45.5 Å². The van der Waals surface area contributed by atoms with Crippen molar-refractivity contribution in [1.29, 1.82) is 0 Å². The van der Waals surface area contributed by atoms with Crippen LogP contribution in [0, 0.1) is 10.1 Å². The van der Waals surface area contributed by atoms with Crippen molar-refractivity contribution in [3.05, 3.63) is 52.1 Å². The van der Waals surface area contributed by atoms with Gasteiger partial charge in [0.2, 0.25) is 5.91 Å². The van der Waals surface area contributed by atoms with E-state index in [0.717, 1.165) is 5.69 Å². The Morgan fingerprint density at radius 2 is 1.68 bits per heavy atom. The van der Waals surface area contributed by atoms with E-state index in [1.807, 2.05) is 0 Å². The van der Waals surface area contributed by atoms with Gasteiger partial charge in [-0.3, -0.25) is 19.7 Å². The number of anilines is 2. The number of rotatable bonds is 10. The van der Waals surface area contributed by atoms with Crippen LogP contribution in [0.15, 0.2) is 36.4 Å². The second-order valence-electron chi connectivity index (χ2n) is 6.83. The number of nitrogens with one attached hydrogen (secondary N) is 2. The maximum Gasteiger partial charge on any atom is 0.269 e. The Kier molecular flexibility index (Phi) is 8.18. The first-order valence-corrected chi connectivity index (χ1v) is 9.52. The molecule has 0 fully saturated rings. The number of non-ortho nitro benzene ring substituents is 1. The van der Waals surface area contributed by atoms with Crippen LogP contribution >= 0.6 is 0 Å².